The van der Waals surface area contributed by atoms with E-state index >= 15 is 0 Å². The topological polar surface area (TPSA) is 54.7 Å². The normalized spacial score (nSPS) is 12.2. The molecule has 0 amide bonds. The number of aryl methyl sites for hydroxylation is 1. The monoisotopic (exact) mass is 343 g/mol. The molecule has 0 aliphatic heterocycles. The maximum atomic E-state index is 12.7. The van der Waals surface area contributed by atoms with E-state index in [1.807, 2.05) is 55.8 Å². The number of imidazole rings is 1. The Balaban J connectivity index is 2.08. The summed E-state index contributed by atoms with van der Waals surface area (Å²) in [4.78, 5) is 4.95. The van der Waals surface area contributed by atoms with E-state index in [1.165, 1.54) is 4.31 Å². The molecule has 24 heavy (non-hydrogen) atoms. The van der Waals surface area contributed by atoms with Crippen LogP contribution in [0.3, 0.4) is 0 Å². The fourth-order valence-corrected chi connectivity index (χ4v) is 4.33. The molecule has 0 unspecified atom stereocenters. The Morgan fingerprint density at radius 2 is 1.88 bits per heavy atom. The van der Waals surface area contributed by atoms with E-state index in [2.05, 4.69) is 4.98 Å². The van der Waals surface area contributed by atoms with Crippen LogP contribution < -0.4 is 0 Å². The molecule has 3 rings (SSSR count). The molecule has 0 bridgehead atoms. The van der Waals surface area contributed by atoms with E-state index in [4.69, 9.17) is 0 Å². The van der Waals surface area contributed by atoms with Crippen LogP contribution in [0.25, 0.3) is 16.9 Å². The molecular weight excluding hydrogens is 322 g/mol. The zero-order valence-corrected chi connectivity index (χ0v) is 14.9. The van der Waals surface area contributed by atoms with Crippen LogP contribution in [0.15, 0.2) is 53.7 Å². The van der Waals surface area contributed by atoms with Gasteiger partial charge in [-0.05, 0) is 30.7 Å². The third kappa shape index (κ3) is 2.83. The first-order valence-electron chi connectivity index (χ1n) is 8.02. The van der Waals surface area contributed by atoms with Gasteiger partial charge in [-0.3, -0.25) is 0 Å². The van der Waals surface area contributed by atoms with Gasteiger partial charge in [0.05, 0.1) is 10.6 Å². The number of hydrogen-bond acceptors (Lipinski definition) is 3. The van der Waals surface area contributed by atoms with Gasteiger partial charge < -0.3 is 4.40 Å². The molecule has 3 aromatic rings. The Labute approximate surface area is 142 Å². The molecule has 2 heterocycles. The molecule has 0 radical (unpaired) electrons. The Bertz CT molecular complexity index is 973. The summed E-state index contributed by atoms with van der Waals surface area (Å²) in [6, 6.07) is 11.0. The summed E-state index contributed by atoms with van der Waals surface area (Å²) < 4.78 is 28.8. The summed E-state index contributed by atoms with van der Waals surface area (Å²) in [5.41, 5.74) is 3.52. The van der Waals surface area contributed by atoms with Crippen molar-refractivity contribution >= 4 is 15.7 Å². The number of benzene rings is 1. The predicted molar refractivity (Wildman–Crippen MR) is 95.5 cm³/mol. The first kappa shape index (κ1) is 16.7. The summed E-state index contributed by atoms with van der Waals surface area (Å²) in [6.45, 7) is 6.60. The average molecular weight is 343 g/mol. The molecule has 1 aromatic carbocycles. The van der Waals surface area contributed by atoms with Crippen LogP contribution in [0.1, 0.15) is 19.4 Å². The summed E-state index contributed by atoms with van der Waals surface area (Å²) >= 11 is 0. The Morgan fingerprint density at radius 1 is 1.12 bits per heavy atom. The second-order valence-electron chi connectivity index (χ2n) is 5.67. The minimum Gasteiger partial charge on any atom is -0.306 e. The number of fused-ring (bicyclic) bond motifs is 1. The van der Waals surface area contributed by atoms with Gasteiger partial charge >= 0.3 is 0 Å². The van der Waals surface area contributed by atoms with Crippen molar-refractivity contribution in [2.75, 3.05) is 13.1 Å². The molecular formula is C18H21N3O2S. The van der Waals surface area contributed by atoms with Gasteiger partial charge in [0.2, 0.25) is 10.0 Å². The number of rotatable bonds is 5. The van der Waals surface area contributed by atoms with Crippen LogP contribution in [-0.4, -0.2) is 35.2 Å². The molecule has 0 saturated heterocycles. The maximum Gasteiger partial charge on any atom is 0.243 e. The SMILES string of the molecule is CCN(CC)S(=O)(=O)c1cccc(-c2cn3cccc(C)c3n2)c1. The third-order valence-corrected chi connectivity index (χ3v) is 6.20. The minimum atomic E-state index is -3.47. The van der Waals surface area contributed by atoms with Gasteiger partial charge in [0.1, 0.15) is 5.65 Å². The zero-order valence-electron chi connectivity index (χ0n) is 14.1. The maximum absolute atomic E-state index is 12.7. The van der Waals surface area contributed by atoms with Crippen molar-refractivity contribution < 1.29 is 8.42 Å². The van der Waals surface area contributed by atoms with Gasteiger partial charge in [-0.15, -0.1) is 0 Å². The van der Waals surface area contributed by atoms with Crippen molar-refractivity contribution in [1.29, 1.82) is 0 Å². The summed E-state index contributed by atoms with van der Waals surface area (Å²) in [7, 11) is -3.47. The van der Waals surface area contributed by atoms with Crippen molar-refractivity contribution in [2.24, 2.45) is 0 Å². The Morgan fingerprint density at radius 3 is 2.54 bits per heavy atom. The standard InChI is InChI=1S/C18H21N3O2S/c1-4-21(5-2)24(22,23)16-10-6-9-15(12-16)17-13-20-11-7-8-14(3)18(20)19-17/h6-13H,4-5H2,1-3H3. The molecule has 0 atom stereocenters. The highest BCUT2D eigenvalue weighted by atomic mass is 32.2. The highest BCUT2D eigenvalue weighted by molar-refractivity contribution is 7.89. The highest BCUT2D eigenvalue weighted by Crippen LogP contribution is 2.24. The second-order valence-corrected chi connectivity index (χ2v) is 7.60. The predicted octanol–water partition coefficient (Wildman–Crippen LogP) is 3.34. The number of sulfonamides is 1. The second kappa shape index (κ2) is 6.37. The molecule has 0 fully saturated rings. The van der Waals surface area contributed by atoms with Crippen LogP contribution in [0, 0.1) is 6.92 Å². The molecule has 0 aliphatic rings. The van der Waals surface area contributed by atoms with Gasteiger partial charge in [0.25, 0.3) is 0 Å². The van der Waals surface area contributed by atoms with Gasteiger partial charge in [0, 0.05) is 31.0 Å². The van der Waals surface area contributed by atoms with Crippen molar-refractivity contribution in [3.05, 3.63) is 54.4 Å². The summed E-state index contributed by atoms with van der Waals surface area (Å²) in [5.74, 6) is 0. The average Bonchev–Trinajstić information content (AvgIpc) is 3.02. The quantitative estimate of drug-likeness (QED) is 0.714. The largest absolute Gasteiger partial charge is 0.306 e. The van der Waals surface area contributed by atoms with Gasteiger partial charge in [-0.1, -0.05) is 32.0 Å². The van der Waals surface area contributed by atoms with Crippen LogP contribution in [0.2, 0.25) is 0 Å². The van der Waals surface area contributed by atoms with Crippen LogP contribution in [-0.2, 0) is 10.0 Å². The van der Waals surface area contributed by atoms with Crippen molar-refractivity contribution in [2.45, 2.75) is 25.7 Å². The number of hydrogen-bond donors (Lipinski definition) is 0. The fourth-order valence-electron chi connectivity index (χ4n) is 2.82. The van der Waals surface area contributed by atoms with Crippen LogP contribution in [0.4, 0.5) is 0 Å². The molecule has 126 valence electrons. The molecule has 5 nitrogen and oxygen atoms in total. The number of nitrogens with zero attached hydrogens (tertiary/aromatic N) is 3. The van der Waals surface area contributed by atoms with Gasteiger partial charge in [-0.25, -0.2) is 13.4 Å². The molecule has 0 N–H and O–H groups in total. The first-order chi connectivity index (χ1) is 11.5. The van der Waals surface area contributed by atoms with Crippen LogP contribution >= 0.6 is 0 Å². The summed E-state index contributed by atoms with van der Waals surface area (Å²) in [5, 5.41) is 0. The van der Waals surface area contributed by atoms with E-state index in [0.717, 1.165) is 22.5 Å². The fraction of sp³-hybridized carbons (Fsp3) is 0.278. The van der Waals surface area contributed by atoms with Gasteiger partial charge in [-0.2, -0.15) is 4.31 Å². The lowest BCUT2D eigenvalue weighted by Gasteiger charge is -2.18. The summed E-state index contributed by atoms with van der Waals surface area (Å²) in [6.07, 6.45) is 3.86. The van der Waals surface area contributed by atoms with E-state index in [1.54, 1.807) is 18.2 Å². The lowest BCUT2D eigenvalue weighted by Crippen LogP contribution is -2.30. The Kier molecular flexibility index (Phi) is 4.43. The number of pyridine rings is 1. The lowest BCUT2D eigenvalue weighted by molar-refractivity contribution is 0.445. The smallest absolute Gasteiger partial charge is 0.243 e. The van der Waals surface area contributed by atoms with Crippen molar-refractivity contribution in [3.63, 3.8) is 0 Å². The van der Waals surface area contributed by atoms with E-state index in [-0.39, 0.29) is 0 Å². The zero-order chi connectivity index (χ0) is 17.3. The van der Waals surface area contributed by atoms with Crippen molar-refractivity contribution in [1.82, 2.24) is 13.7 Å². The first-order valence-corrected chi connectivity index (χ1v) is 9.46. The molecule has 0 saturated carbocycles. The van der Waals surface area contributed by atoms with E-state index in [0.29, 0.717) is 18.0 Å². The van der Waals surface area contributed by atoms with Gasteiger partial charge in [0.15, 0.2) is 0 Å². The third-order valence-electron chi connectivity index (χ3n) is 4.15. The lowest BCUT2D eigenvalue weighted by atomic mass is 10.2. The molecule has 6 heteroatoms. The molecule has 2 aromatic heterocycles. The van der Waals surface area contributed by atoms with Crippen molar-refractivity contribution in [3.8, 4) is 11.3 Å². The van der Waals surface area contributed by atoms with Crippen LogP contribution in [0.5, 0.6) is 0 Å². The van der Waals surface area contributed by atoms with E-state index < -0.39 is 10.0 Å². The van der Waals surface area contributed by atoms with E-state index in [9.17, 15) is 8.42 Å². The minimum absolute atomic E-state index is 0.303. The Hall–Kier alpha value is -2.18. The molecule has 0 aliphatic carbocycles. The molecule has 0 spiro atoms. The number of aromatic nitrogens is 2. The highest BCUT2D eigenvalue weighted by Gasteiger charge is 2.22.